The quantitative estimate of drug-likeness (QED) is 0.105. The lowest BCUT2D eigenvalue weighted by Crippen LogP contribution is -2.27. The van der Waals surface area contributed by atoms with E-state index in [0.717, 1.165) is 0 Å². The highest BCUT2D eigenvalue weighted by Gasteiger charge is 2.40. The van der Waals surface area contributed by atoms with Gasteiger partial charge >= 0.3 is 0 Å². The van der Waals surface area contributed by atoms with Crippen LogP contribution in [-0.2, 0) is 23.5 Å². The van der Waals surface area contributed by atoms with Crippen molar-refractivity contribution in [1.29, 1.82) is 0 Å². The fraction of sp³-hybridized carbons (Fsp3) is 0.167. The predicted octanol–water partition coefficient (Wildman–Crippen LogP) is 8.44. The van der Waals surface area contributed by atoms with Crippen LogP contribution in [0.2, 0.25) is 0 Å². The van der Waals surface area contributed by atoms with Gasteiger partial charge in [-0.1, -0.05) is 133 Å². The second-order valence-corrected chi connectivity index (χ2v) is 19.8. The number of ether oxygens (including phenoxy) is 1. The molecule has 0 atom stereocenters. The molecule has 0 spiro atoms. The van der Waals surface area contributed by atoms with Crippen molar-refractivity contribution >= 4 is 69.7 Å². The average Bonchev–Trinajstić information content (AvgIpc) is 3.24. The monoisotopic (exact) mass is 824 g/mol. The van der Waals surface area contributed by atoms with Gasteiger partial charge in [0.15, 0.2) is 0 Å². The standard InChI is InChI=1S/C48H46N2O7P2/c1-31-27-33(3)45(35(5)43(31)47(53)58(55,37-19-11-7-12-20-37)38-21-13-8-14-22-38)49-41(51)29-57-30-42(52)50-46-34(4)28-32(2)44(36(46)6)48(54)59(56,39-23-15-9-16-24-39)40-25-17-10-18-26-40/h7-28H,29-30H2,1-6H3,(H,49,51)(H,50,52). The van der Waals surface area contributed by atoms with Crippen LogP contribution in [-0.4, -0.2) is 36.1 Å². The van der Waals surface area contributed by atoms with E-state index in [-0.39, 0.29) is 11.1 Å². The molecule has 0 saturated carbocycles. The molecule has 0 aromatic heterocycles. The molecule has 300 valence electrons. The Labute approximate surface area is 345 Å². The zero-order valence-electron chi connectivity index (χ0n) is 33.9. The molecule has 6 aromatic rings. The number of amides is 2. The summed E-state index contributed by atoms with van der Waals surface area (Å²) in [6.45, 7) is 9.62. The molecule has 0 aliphatic heterocycles. The Morgan fingerprint density at radius 1 is 0.441 bits per heavy atom. The molecule has 2 N–H and O–H groups in total. The molecule has 0 aliphatic carbocycles. The maximum atomic E-state index is 14.9. The topological polar surface area (TPSA) is 136 Å². The summed E-state index contributed by atoms with van der Waals surface area (Å²) in [4.78, 5) is 55.5. The third kappa shape index (κ3) is 8.46. The normalized spacial score (nSPS) is 11.5. The Kier molecular flexibility index (Phi) is 12.9. The number of nitrogens with one attached hydrogen (secondary N) is 2. The maximum absolute atomic E-state index is 14.9. The van der Waals surface area contributed by atoms with Crippen LogP contribution in [0.1, 0.15) is 54.1 Å². The predicted molar refractivity (Wildman–Crippen MR) is 238 cm³/mol. The van der Waals surface area contributed by atoms with Crippen LogP contribution in [0.4, 0.5) is 11.4 Å². The van der Waals surface area contributed by atoms with E-state index in [9.17, 15) is 28.3 Å². The smallest absolute Gasteiger partial charge is 0.250 e. The fourth-order valence-electron chi connectivity index (χ4n) is 7.64. The minimum atomic E-state index is -3.83. The molecule has 0 heterocycles. The molecule has 0 saturated heterocycles. The largest absolute Gasteiger partial charge is 0.362 e. The molecule has 9 nitrogen and oxygen atoms in total. The van der Waals surface area contributed by atoms with Crippen LogP contribution >= 0.6 is 14.3 Å². The molecule has 0 radical (unpaired) electrons. The van der Waals surface area contributed by atoms with Crippen LogP contribution < -0.4 is 31.9 Å². The third-order valence-electron chi connectivity index (χ3n) is 10.4. The summed E-state index contributed by atoms with van der Waals surface area (Å²) in [5.74, 6) is -1.12. The van der Waals surface area contributed by atoms with Crippen molar-refractivity contribution in [3.05, 3.63) is 178 Å². The Morgan fingerprint density at radius 2 is 0.712 bits per heavy atom. The highest BCUT2D eigenvalue weighted by Crippen LogP contribution is 2.50. The van der Waals surface area contributed by atoms with E-state index in [2.05, 4.69) is 10.6 Å². The summed E-state index contributed by atoms with van der Waals surface area (Å²) in [6, 6.07) is 38.3. The van der Waals surface area contributed by atoms with Gasteiger partial charge in [-0.2, -0.15) is 0 Å². The van der Waals surface area contributed by atoms with Crippen molar-refractivity contribution in [3.63, 3.8) is 0 Å². The number of carbonyl (C=O) groups is 4. The Bertz CT molecular complexity index is 2390. The van der Waals surface area contributed by atoms with E-state index < -0.39 is 50.4 Å². The van der Waals surface area contributed by atoms with Crippen LogP contribution in [0.3, 0.4) is 0 Å². The summed E-state index contributed by atoms with van der Waals surface area (Å²) < 4.78 is 35.4. The lowest BCUT2D eigenvalue weighted by Gasteiger charge is -2.23. The van der Waals surface area contributed by atoms with E-state index >= 15 is 0 Å². The highest BCUT2D eigenvalue weighted by molar-refractivity contribution is 7.94. The average molecular weight is 825 g/mol. The van der Waals surface area contributed by atoms with Gasteiger partial charge in [-0.3, -0.25) is 19.2 Å². The van der Waals surface area contributed by atoms with E-state index in [1.165, 1.54) is 0 Å². The number of benzene rings is 6. The minimum Gasteiger partial charge on any atom is -0.362 e. The summed E-state index contributed by atoms with van der Waals surface area (Å²) in [7, 11) is -7.65. The molecular formula is C48H46N2O7P2. The fourth-order valence-corrected chi connectivity index (χ4v) is 12.9. The molecule has 0 unspecified atom stereocenters. The number of hydrogen-bond donors (Lipinski definition) is 2. The first-order chi connectivity index (χ1) is 28.2. The van der Waals surface area contributed by atoms with E-state index in [0.29, 0.717) is 66.0 Å². The van der Waals surface area contributed by atoms with Crippen molar-refractivity contribution in [3.8, 4) is 0 Å². The first kappa shape index (κ1) is 42.6. The van der Waals surface area contributed by atoms with Crippen LogP contribution in [0.25, 0.3) is 0 Å². The highest BCUT2D eigenvalue weighted by atomic mass is 31.2. The molecular weight excluding hydrogens is 778 g/mol. The summed E-state index contributed by atoms with van der Waals surface area (Å²) in [5.41, 5.74) is 3.76. The molecule has 0 bridgehead atoms. The molecule has 0 aliphatic rings. The van der Waals surface area contributed by atoms with Crippen molar-refractivity contribution in [1.82, 2.24) is 0 Å². The van der Waals surface area contributed by atoms with Crippen molar-refractivity contribution < 1.29 is 33.0 Å². The first-order valence-corrected chi connectivity index (χ1v) is 22.5. The van der Waals surface area contributed by atoms with Gasteiger partial charge in [-0.05, 0) is 74.9 Å². The van der Waals surface area contributed by atoms with Gasteiger partial charge in [0.05, 0.1) is 0 Å². The van der Waals surface area contributed by atoms with Gasteiger partial charge in [-0.15, -0.1) is 0 Å². The van der Waals surface area contributed by atoms with Gasteiger partial charge in [0.1, 0.15) is 13.2 Å². The SMILES string of the molecule is Cc1cc(C)c(C(=O)P(=O)(c2ccccc2)c2ccccc2)c(C)c1NC(=O)COCC(=O)Nc1c(C)cc(C)c(C(=O)P(=O)(c2ccccc2)c2ccccc2)c1C. The van der Waals surface area contributed by atoms with Gasteiger partial charge in [0.2, 0.25) is 37.1 Å². The zero-order chi connectivity index (χ0) is 42.5. The van der Waals surface area contributed by atoms with Gasteiger partial charge < -0.3 is 24.5 Å². The Balaban J connectivity index is 1.18. The van der Waals surface area contributed by atoms with Crippen LogP contribution in [0.15, 0.2) is 133 Å². The van der Waals surface area contributed by atoms with Crippen molar-refractivity contribution in [2.45, 2.75) is 41.5 Å². The van der Waals surface area contributed by atoms with Crippen molar-refractivity contribution in [2.75, 3.05) is 23.8 Å². The number of anilines is 2. The van der Waals surface area contributed by atoms with Crippen LogP contribution in [0, 0.1) is 41.5 Å². The molecule has 0 fully saturated rings. The van der Waals surface area contributed by atoms with Gasteiger partial charge in [0, 0.05) is 43.7 Å². The lowest BCUT2D eigenvalue weighted by atomic mass is 9.98. The molecule has 2 amide bonds. The van der Waals surface area contributed by atoms with E-state index in [1.54, 1.807) is 175 Å². The third-order valence-corrected chi connectivity index (χ3v) is 16.1. The van der Waals surface area contributed by atoms with E-state index in [4.69, 9.17) is 4.74 Å². The molecule has 6 aromatic carbocycles. The maximum Gasteiger partial charge on any atom is 0.250 e. The summed E-state index contributed by atoms with van der Waals surface area (Å²) >= 11 is 0. The lowest BCUT2D eigenvalue weighted by molar-refractivity contribution is -0.125. The van der Waals surface area contributed by atoms with E-state index in [1.807, 2.05) is 0 Å². The van der Waals surface area contributed by atoms with Gasteiger partial charge in [-0.25, -0.2) is 0 Å². The number of rotatable bonds is 14. The molecule has 59 heavy (non-hydrogen) atoms. The molecule has 11 heteroatoms. The summed E-state index contributed by atoms with van der Waals surface area (Å²) in [5, 5.41) is 7.31. The van der Waals surface area contributed by atoms with Gasteiger partial charge in [0.25, 0.3) is 0 Å². The second-order valence-electron chi connectivity index (χ2n) is 14.5. The van der Waals surface area contributed by atoms with Crippen molar-refractivity contribution in [2.24, 2.45) is 0 Å². The number of hydrogen-bond acceptors (Lipinski definition) is 7. The second kappa shape index (κ2) is 17.9. The number of aryl methyl sites for hydroxylation is 4. The minimum absolute atomic E-state index is 0.257. The zero-order valence-corrected chi connectivity index (χ0v) is 35.7. The van der Waals surface area contributed by atoms with Crippen LogP contribution in [0.5, 0.6) is 0 Å². The number of carbonyl (C=O) groups excluding carboxylic acids is 4. The Morgan fingerprint density at radius 3 is 0.983 bits per heavy atom. The molecule has 6 rings (SSSR count). The summed E-state index contributed by atoms with van der Waals surface area (Å²) in [6.07, 6.45) is 0. The Hall–Kier alpha value is -5.98. The first-order valence-electron chi connectivity index (χ1n) is 19.1.